The van der Waals surface area contributed by atoms with E-state index in [0.29, 0.717) is 11.3 Å². The van der Waals surface area contributed by atoms with Gasteiger partial charge in [-0.2, -0.15) is 0 Å². The molecule has 2 aromatic rings. The molecule has 0 atom stereocenters. The van der Waals surface area contributed by atoms with Gasteiger partial charge in [0.25, 0.3) is 0 Å². The van der Waals surface area contributed by atoms with Gasteiger partial charge in [-0.1, -0.05) is 49.0 Å². The van der Waals surface area contributed by atoms with E-state index in [1.165, 1.54) is 7.11 Å². The molecule has 0 bridgehead atoms. The average Bonchev–Trinajstić information content (AvgIpc) is 2.80. The van der Waals surface area contributed by atoms with Gasteiger partial charge in [0.2, 0.25) is 0 Å². The summed E-state index contributed by atoms with van der Waals surface area (Å²) in [7, 11) is 1.35. The molecule has 0 aromatic heterocycles. The topological polar surface area (TPSA) is 58.9 Å². The van der Waals surface area contributed by atoms with Crippen LogP contribution in [0.15, 0.2) is 47.6 Å². The standard InChI is InChI=1S/C15H11NO3.CH4/c1-19-15(17)12-8-4-7-11-13(12)9-5-2-3-6-10(9)14(11)16-18;/h2-8,18H,1H3;1H4/b16-14+;. The van der Waals surface area contributed by atoms with Crippen LogP contribution >= 0.6 is 0 Å². The lowest BCUT2D eigenvalue weighted by Gasteiger charge is -2.06. The van der Waals surface area contributed by atoms with E-state index in [4.69, 9.17) is 4.74 Å². The molecule has 0 saturated heterocycles. The summed E-state index contributed by atoms with van der Waals surface area (Å²) in [6.07, 6.45) is 0. The Morgan fingerprint density at radius 2 is 1.70 bits per heavy atom. The fourth-order valence-electron chi connectivity index (χ4n) is 2.48. The molecule has 4 heteroatoms. The zero-order valence-corrected chi connectivity index (χ0v) is 10.3. The molecule has 0 aliphatic heterocycles. The fourth-order valence-corrected chi connectivity index (χ4v) is 2.48. The molecule has 0 fully saturated rings. The molecular formula is C16H15NO3. The number of methoxy groups -OCH3 is 1. The zero-order chi connectivity index (χ0) is 13.4. The zero-order valence-electron chi connectivity index (χ0n) is 10.3. The fraction of sp³-hybridized carbons (Fsp3) is 0.125. The second kappa shape index (κ2) is 5.17. The number of hydrogen-bond donors (Lipinski definition) is 1. The molecule has 0 unspecified atom stereocenters. The van der Waals surface area contributed by atoms with Gasteiger partial charge < -0.3 is 9.94 Å². The minimum atomic E-state index is -0.397. The Balaban J connectivity index is 0.00000147. The lowest BCUT2D eigenvalue weighted by Crippen LogP contribution is -2.04. The number of oxime groups is 1. The number of benzene rings is 2. The summed E-state index contributed by atoms with van der Waals surface area (Å²) in [5.74, 6) is -0.397. The Labute approximate surface area is 117 Å². The molecule has 0 saturated carbocycles. The Bertz CT molecular complexity index is 705. The molecule has 0 heterocycles. The van der Waals surface area contributed by atoms with Crippen LogP contribution < -0.4 is 0 Å². The van der Waals surface area contributed by atoms with Crippen molar-refractivity contribution in [2.75, 3.05) is 7.11 Å². The summed E-state index contributed by atoms with van der Waals surface area (Å²) < 4.78 is 4.80. The van der Waals surface area contributed by atoms with Gasteiger partial charge in [-0.05, 0) is 11.6 Å². The number of rotatable bonds is 1. The molecule has 3 rings (SSSR count). The maximum absolute atomic E-state index is 11.9. The Morgan fingerprint density at radius 1 is 1.05 bits per heavy atom. The van der Waals surface area contributed by atoms with Crippen LogP contribution in [-0.2, 0) is 4.74 Å². The number of ether oxygens (including phenoxy) is 1. The lowest BCUT2D eigenvalue weighted by atomic mass is 9.99. The molecule has 1 N–H and O–H groups in total. The molecule has 0 spiro atoms. The maximum Gasteiger partial charge on any atom is 0.338 e. The van der Waals surface area contributed by atoms with Crippen molar-refractivity contribution in [2.24, 2.45) is 5.16 Å². The third-order valence-electron chi connectivity index (χ3n) is 3.28. The largest absolute Gasteiger partial charge is 0.465 e. The van der Waals surface area contributed by atoms with Crippen molar-refractivity contribution in [3.05, 3.63) is 59.2 Å². The number of hydrogen-bond acceptors (Lipinski definition) is 4. The molecule has 1 aliphatic rings. The van der Waals surface area contributed by atoms with E-state index < -0.39 is 5.97 Å². The predicted molar refractivity (Wildman–Crippen MR) is 77.4 cm³/mol. The van der Waals surface area contributed by atoms with Crippen LogP contribution in [0.4, 0.5) is 0 Å². The quantitative estimate of drug-likeness (QED) is 0.419. The van der Waals surface area contributed by atoms with Crippen molar-refractivity contribution in [1.82, 2.24) is 0 Å². The normalized spacial score (nSPS) is 13.3. The minimum Gasteiger partial charge on any atom is -0.465 e. The summed E-state index contributed by atoms with van der Waals surface area (Å²) in [5.41, 5.74) is 4.16. The first-order valence-electron chi connectivity index (χ1n) is 5.81. The van der Waals surface area contributed by atoms with E-state index in [9.17, 15) is 10.0 Å². The van der Waals surface area contributed by atoms with E-state index in [-0.39, 0.29) is 7.43 Å². The Hall–Kier alpha value is -2.62. The Kier molecular flexibility index (Phi) is 3.57. The smallest absolute Gasteiger partial charge is 0.338 e. The summed E-state index contributed by atoms with van der Waals surface area (Å²) in [4.78, 5) is 11.9. The molecule has 4 nitrogen and oxygen atoms in total. The monoisotopic (exact) mass is 269 g/mol. The first-order valence-corrected chi connectivity index (χ1v) is 5.81. The number of nitrogens with zero attached hydrogens (tertiary/aromatic N) is 1. The summed E-state index contributed by atoms with van der Waals surface area (Å²) in [5, 5.41) is 12.6. The molecule has 0 radical (unpaired) electrons. The van der Waals surface area contributed by atoms with Crippen molar-refractivity contribution >= 4 is 11.7 Å². The number of carbonyl (C=O) groups is 1. The van der Waals surface area contributed by atoms with Gasteiger partial charge in [0.1, 0.15) is 5.71 Å². The van der Waals surface area contributed by atoms with Crippen LogP contribution in [0.1, 0.15) is 28.9 Å². The van der Waals surface area contributed by atoms with Gasteiger partial charge in [0.15, 0.2) is 0 Å². The highest BCUT2D eigenvalue weighted by Crippen LogP contribution is 2.39. The van der Waals surface area contributed by atoms with Gasteiger partial charge in [-0.3, -0.25) is 0 Å². The van der Waals surface area contributed by atoms with Crippen molar-refractivity contribution in [3.63, 3.8) is 0 Å². The third-order valence-corrected chi connectivity index (χ3v) is 3.28. The van der Waals surface area contributed by atoms with Crippen molar-refractivity contribution in [1.29, 1.82) is 0 Å². The second-order valence-electron chi connectivity index (χ2n) is 4.21. The van der Waals surface area contributed by atoms with Crippen LogP contribution in [0.25, 0.3) is 11.1 Å². The molecule has 1 aliphatic carbocycles. The van der Waals surface area contributed by atoms with Gasteiger partial charge in [-0.25, -0.2) is 4.79 Å². The highest BCUT2D eigenvalue weighted by atomic mass is 16.5. The second-order valence-corrected chi connectivity index (χ2v) is 4.21. The van der Waals surface area contributed by atoms with Crippen LogP contribution in [0.2, 0.25) is 0 Å². The molecule has 0 amide bonds. The summed E-state index contributed by atoms with van der Waals surface area (Å²) >= 11 is 0. The molecule has 102 valence electrons. The molecule has 20 heavy (non-hydrogen) atoms. The number of carbonyl (C=O) groups excluding carboxylic acids is 1. The third kappa shape index (κ3) is 1.77. The lowest BCUT2D eigenvalue weighted by molar-refractivity contribution is 0.0601. The first-order chi connectivity index (χ1) is 9.27. The minimum absolute atomic E-state index is 0. The van der Waals surface area contributed by atoms with Gasteiger partial charge in [0, 0.05) is 16.7 Å². The van der Waals surface area contributed by atoms with Crippen molar-refractivity contribution in [2.45, 2.75) is 7.43 Å². The molecular weight excluding hydrogens is 254 g/mol. The highest BCUT2D eigenvalue weighted by Gasteiger charge is 2.29. The highest BCUT2D eigenvalue weighted by molar-refractivity contribution is 6.26. The predicted octanol–water partition coefficient (Wildman–Crippen LogP) is 3.32. The average molecular weight is 269 g/mol. The van der Waals surface area contributed by atoms with E-state index in [2.05, 4.69) is 5.16 Å². The van der Waals surface area contributed by atoms with Crippen LogP contribution in [-0.4, -0.2) is 24.0 Å². The van der Waals surface area contributed by atoms with Gasteiger partial charge >= 0.3 is 5.97 Å². The van der Waals surface area contributed by atoms with E-state index in [1.54, 1.807) is 12.1 Å². The van der Waals surface area contributed by atoms with Crippen LogP contribution in [0.3, 0.4) is 0 Å². The van der Waals surface area contributed by atoms with Crippen LogP contribution in [0, 0.1) is 0 Å². The van der Waals surface area contributed by atoms with E-state index in [1.807, 2.05) is 30.3 Å². The van der Waals surface area contributed by atoms with Gasteiger partial charge in [-0.15, -0.1) is 0 Å². The van der Waals surface area contributed by atoms with E-state index in [0.717, 1.165) is 22.3 Å². The van der Waals surface area contributed by atoms with Crippen molar-refractivity contribution in [3.8, 4) is 11.1 Å². The summed E-state index contributed by atoms with van der Waals surface area (Å²) in [6, 6.07) is 12.8. The number of fused-ring (bicyclic) bond motifs is 3. The van der Waals surface area contributed by atoms with Crippen LogP contribution in [0.5, 0.6) is 0 Å². The number of esters is 1. The molecule has 2 aromatic carbocycles. The first kappa shape index (κ1) is 13.8. The summed E-state index contributed by atoms with van der Waals surface area (Å²) in [6.45, 7) is 0. The van der Waals surface area contributed by atoms with Crippen molar-refractivity contribution < 1.29 is 14.7 Å². The SMILES string of the molecule is C.COC(=O)c1cccc2c1-c1ccccc1/C2=N\O. The van der Waals surface area contributed by atoms with Gasteiger partial charge in [0.05, 0.1) is 12.7 Å². The maximum atomic E-state index is 11.9. The van der Waals surface area contributed by atoms with E-state index >= 15 is 0 Å². The Morgan fingerprint density at radius 3 is 2.35 bits per heavy atom.